The molecule has 90 valence electrons. The Morgan fingerprint density at radius 3 is 2.24 bits per heavy atom. The van der Waals surface area contributed by atoms with Gasteiger partial charge in [-0.2, -0.15) is 5.26 Å². The Hall–Kier alpha value is -1.53. The van der Waals surface area contributed by atoms with E-state index in [1.807, 2.05) is 0 Å². The maximum atomic E-state index is 8.68. The van der Waals surface area contributed by atoms with Crippen LogP contribution < -0.4 is 4.90 Å². The molecular formula is C14H19N3. The van der Waals surface area contributed by atoms with Gasteiger partial charge in [-0.05, 0) is 25.0 Å². The Morgan fingerprint density at radius 1 is 1.12 bits per heavy atom. The number of piperazine rings is 1. The smallest absolute Gasteiger partial charge is 0.0867 e. The first-order valence-electron chi connectivity index (χ1n) is 6.13. The second-order valence-corrected chi connectivity index (χ2v) is 4.66. The van der Waals surface area contributed by atoms with Crippen molar-refractivity contribution in [2.75, 3.05) is 37.6 Å². The number of anilines is 1. The topological polar surface area (TPSA) is 30.3 Å². The molecule has 0 amide bonds. The van der Waals surface area contributed by atoms with E-state index in [-0.39, 0.29) is 0 Å². The molecule has 1 aliphatic heterocycles. The van der Waals surface area contributed by atoms with Crippen LogP contribution in [0.5, 0.6) is 0 Å². The number of rotatable bonds is 2. The Morgan fingerprint density at radius 2 is 1.71 bits per heavy atom. The summed E-state index contributed by atoms with van der Waals surface area (Å²) in [4.78, 5) is 4.66. The molecule has 0 aliphatic carbocycles. The normalized spacial score (nSPS) is 16.9. The fourth-order valence-corrected chi connectivity index (χ4v) is 2.53. The molecule has 1 aliphatic rings. The fourth-order valence-electron chi connectivity index (χ4n) is 2.53. The maximum Gasteiger partial charge on any atom is 0.0867 e. The Balaban J connectivity index is 2.08. The second kappa shape index (κ2) is 5.20. The van der Waals surface area contributed by atoms with E-state index in [9.17, 15) is 0 Å². The highest BCUT2D eigenvalue weighted by molar-refractivity contribution is 5.59. The molecule has 17 heavy (non-hydrogen) atoms. The van der Waals surface area contributed by atoms with Crippen LogP contribution in [0.3, 0.4) is 0 Å². The third kappa shape index (κ3) is 2.59. The van der Waals surface area contributed by atoms with Crippen molar-refractivity contribution in [2.24, 2.45) is 0 Å². The number of para-hydroxylation sites is 1. The molecule has 0 aromatic heterocycles. The van der Waals surface area contributed by atoms with Gasteiger partial charge >= 0.3 is 0 Å². The molecule has 1 heterocycles. The van der Waals surface area contributed by atoms with Gasteiger partial charge in [-0.3, -0.25) is 4.90 Å². The maximum absolute atomic E-state index is 8.68. The van der Waals surface area contributed by atoms with Crippen LogP contribution in [0.1, 0.15) is 11.1 Å². The lowest BCUT2D eigenvalue weighted by Gasteiger charge is -2.36. The molecule has 0 unspecified atom stereocenters. The van der Waals surface area contributed by atoms with Gasteiger partial charge in [-0.15, -0.1) is 0 Å². The quantitative estimate of drug-likeness (QED) is 0.726. The first-order chi connectivity index (χ1) is 8.22. The summed E-state index contributed by atoms with van der Waals surface area (Å²) in [6.07, 6.45) is 0. The standard InChI is InChI=1S/C14H19N3/c1-12-4-3-5-13(2)14(12)17-10-8-16(7-6-15)9-11-17/h3-5H,7-11H2,1-2H3. The molecule has 3 heteroatoms. The summed E-state index contributed by atoms with van der Waals surface area (Å²) in [7, 11) is 0. The second-order valence-electron chi connectivity index (χ2n) is 4.66. The highest BCUT2D eigenvalue weighted by Gasteiger charge is 2.18. The number of nitrogens with zero attached hydrogens (tertiary/aromatic N) is 3. The Bertz CT molecular complexity index is 405. The molecule has 0 atom stereocenters. The number of nitriles is 1. The van der Waals surface area contributed by atoms with Crippen LogP contribution in [-0.2, 0) is 0 Å². The van der Waals surface area contributed by atoms with Crippen LogP contribution in [0, 0.1) is 25.2 Å². The van der Waals surface area contributed by atoms with Crippen molar-refractivity contribution in [3.63, 3.8) is 0 Å². The summed E-state index contributed by atoms with van der Waals surface area (Å²) in [5, 5.41) is 8.68. The highest BCUT2D eigenvalue weighted by Crippen LogP contribution is 2.25. The van der Waals surface area contributed by atoms with E-state index < -0.39 is 0 Å². The van der Waals surface area contributed by atoms with Crippen molar-refractivity contribution in [3.8, 4) is 6.07 Å². The summed E-state index contributed by atoms with van der Waals surface area (Å²) < 4.78 is 0. The van der Waals surface area contributed by atoms with E-state index in [1.54, 1.807) is 0 Å². The molecule has 0 radical (unpaired) electrons. The van der Waals surface area contributed by atoms with Gasteiger partial charge in [0.2, 0.25) is 0 Å². The van der Waals surface area contributed by atoms with Crippen molar-refractivity contribution in [3.05, 3.63) is 29.3 Å². The lowest BCUT2D eigenvalue weighted by atomic mass is 10.1. The zero-order valence-corrected chi connectivity index (χ0v) is 10.6. The first-order valence-corrected chi connectivity index (χ1v) is 6.13. The van der Waals surface area contributed by atoms with Crippen molar-refractivity contribution < 1.29 is 0 Å². The first kappa shape index (κ1) is 11.9. The minimum atomic E-state index is 0.556. The largest absolute Gasteiger partial charge is 0.369 e. The Labute approximate surface area is 103 Å². The van der Waals surface area contributed by atoms with Gasteiger partial charge in [0, 0.05) is 31.9 Å². The van der Waals surface area contributed by atoms with E-state index in [4.69, 9.17) is 5.26 Å². The van der Waals surface area contributed by atoms with Gasteiger partial charge < -0.3 is 4.90 Å². The highest BCUT2D eigenvalue weighted by atomic mass is 15.3. The van der Waals surface area contributed by atoms with Crippen LogP contribution in [0.25, 0.3) is 0 Å². The lowest BCUT2D eigenvalue weighted by molar-refractivity contribution is 0.287. The van der Waals surface area contributed by atoms with Crippen LogP contribution in [0.2, 0.25) is 0 Å². The predicted molar refractivity (Wildman–Crippen MR) is 70.2 cm³/mol. The van der Waals surface area contributed by atoms with E-state index in [2.05, 4.69) is 47.9 Å². The predicted octanol–water partition coefficient (Wildman–Crippen LogP) is 1.95. The third-order valence-electron chi connectivity index (χ3n) is 3.42. The molecule has 0 spiro atoms. The average Bonchev–Trinajstić information content (AvgIpc) is 2.31. The third-order valence-corrected chi connectivity index (χ3v) is 3.42. The average molecular weight is 229 g/mol. The van der Waals surface area contributed by atoms with Crippen molar-refractivity contribution >= 4 is 5.69 Å². The number of hydrogen-bond acceptors (Lipinski definition) is 3. The number of benzene rings is 1. The lowest BCUT2D eigenvalue weighted by Crippen LogP contribution is -2.46. The zero-order valence-electron chi connectivity index (χ0n) is 10.6. The summed E-state index contributed by atoms with van der Waals surface area (Å²) >= 11 is 0. The van der Waals surface area contributed by atoms with E-state index >= 15 is 0 Å². The SMILES string of the molecule is Cc1cccc(C)c1N1CCN(CC#N)CC1. The van der Waals surface area contributed by atoms with Crippen molar-refractivity contribution in [2.45, 2.75) is 13.8 Å². The number of hydrogen-bond donors (Lipinski definition) is 0. The molecule has 1 aromatic rings. The van der Waals surface area contributed by atoms with Crippen LogP contribution >= 0.6 is 0 Å². The summed E-state index contributed by atoms with van der Waals surface area (Å²) in [5.74, 6) is 0. The van der Waals surface area contributed by atoms with Gasteiger partial charge in [-0.25, -0.2) is 0 Å². The summed E-state index contributed by atoms with van der Waals surface area (Å²) in [6.45, 7) is 8.91. The molecule has 1 saturated heterocycles. The van der Waals surface area contributed by atoms with E-state index in [1.165, 1.54) is 16.8 Å². The molecule has 0 saturated carbocycles. The van der Waals surface area contributed by atoms with Gasteiger partial charge in [0.05, 0.1) is 12.6 Å². The van der Waals surface area contributed by atoms with Gasteiger partial charge in [0.1, 0.15) is 0 Å². The molecule has 0 N–H and O–H groups in total. The van der Waals surface area contributed by atoms with E-state index in [0.29, 0.717) is 6.54 Å². The molecule has 3 nitrogen and oxygen atoms in total. The van der Waals surface area contributed by atoms with Gasteiger partial charge in [-0.1, -0.05) is 18.2 Å². The molecule has 1 aromatic carbocycles. The number of aryl methyl sites for hydroxylation is 2. The summed E-state index contributed by atoms with van der Waals surface area (Å²) in [6, 6.07) is 8.67. The zero-order chi connectivity index (χ0) is 12.3. The summed E-state index contributed by atoms with van der Waals surface area (Å²) in [5.41, 5.74) is 4.07. The van der Waals surface area contributed by atoms with Crippen LogP contribution in [0.4, 0.5) is 5.69 Å². The van der Waals surface area contributed by atoms with Crippen LogP contribution in [-0.4, -0.2) is 37.6 Å². The van der Waals surface area contributed by atoms with Crippen molar-refractivity contribution in [1.29, 1.82) is 5.26 Å². The fraction of sp³-hybridized carbons (Fsp3) is 0.500. The minimum absolute atomic E-state index is 0.556. The van der Waals surface area contributed by atoms with Crippen LogP contribution in [0.15, 0.2) is 18.2 Å². The minimum Gasteiger partial charge on any atom is -0.369 e. The molecular weight excluding hydrogens is 210 g/mol. The Kier molecular flexibility index (Phi) is 3.65. The van der Waals surface area contributed by atoms with Crippen molar-refractivity contribution in [1.82, 2.24) is 4.90 Å². The monoisotopic (exact) mass is 229 g/mol. The van der Waals surface area contributed by atoms with Gasteiger partial charge in [0.25, 0.3) is 0 Å². The molecule has 1 fully saturated rings. The van der Waals surface area contributed by atoms with E-state index in [0.717, 1.165) is 26.2 Å². The molecule has 0 bridgehead atoms. The molecule has 2 rings (SSSR count). The van der Waals surface area contributed by atoms with Gasteiger partial charge in [0.15, 0.2) is 0 Å².